The minimum Gasteiger partial charge on any atom is -0.445 e. The van der Waals surface area contributed by atoms with Crippen molar-refractivity contribution >= 4 is 18.3 Å². The lowest BCUT2D eigenvalue weighted by atomic mass is 9.93. The fourth-order valence-corrected chi connectivity index (χ4v) is 7.70. The van der Waals surface area contributed by atoms with Gasteiger partial charge < -0.3 is 35.1 Å². The molecule has 0 saturated carbocycles. The lowest BCUT2D eigenvalue weighted by molar-refractivity contribution is 0.0523. The van der Waals surface area contributed by atoms with E-state index < -0.39 is 11.7 Å². The number of fused-ring (bicyclic) bond motifs is 2. The van der Waals surface area contributed by atoms with Crippen molar-refractivity contribution in [3.05, 3.63) is 178 Å². The molecule has 12 heteroatoms. The summed E-state index contributed by atoms with van der Waals surface area (Å²) in [4.78, 5) is 50.1. The number of pyridine rings is 2. The Bertz CT molecular complexity index is 2510. The fourth-order valence-electron chi connectivity index (χ4n) is 7.70. The van der Waals surface area contributed by atoms with Gasteiger partial charge in [-0.15, -0.1) is 0 Å². The van der Waals surface area contributed by atoms with Crippen LogP contribution in [0.1, 0.15) is 65.3 Å². The highest BCUT2D eigenvalue weighted by atomic mass is 16.6. The Morgan fingerprint density at radius 3 is 1.54 bits per heavy atom. The maximum Gasteiger partial charge on any atom is 0.410 e. The second-order valence-electron chi connectivity index (χ2n) is 16.4. The van der Waals surface area contributed by atoms with Crippen molar-refractivity contribution in [1.29, 1.82) is 0 Å². The van der Waals surface area contributed by atoms with Crippen LogP contribution in [0.2, 0.25) is 0 Å². The van der Waals surface area contributed by atoms with Crippen molar-refractivity contribution < 1.29 is 28.6 Å². The summed E-state index contributed by atoms with van der Waals surface area (Å²) in [6.45, 7) is 9.01. The second kappa shape index (κ2) is 20.7. The molecule has 0 spiro atoms. The van der Waals surface area contributed by atoms with Crippen LogP contribution in [-0.2, 0) is 66.4 Å². The molecule has 8 rings (SSSR count). The molecule has 0 unspecified atom stereocenters. The minimum atomic E-state index is -0.558. The predicted molar refractivity (Wildman–Crippen MR) is 242 cm³/mol. The first kappa shape index (κ1) is 44.0. The Kier molecular flexibility index (Phi) is 14.4. The molecule has 0 bridgehead atoms. The molecule has 0 saturated heterocycles. The number of rotatable bonds is 9. The molecule has 63 heavy (non-hydrogen) atoms. The molecule has 2 aliphatic rings. The summed E-state index contributed by atoms with van der Waals surface area (Å²) in [6, 6.07) is 39.3. The maximum atomic E-state index is 12.7. The molecule has 0 aliphatic carbocycles. The van der Waals surface area contributed by atoms with E-state index in [2.05, 4.69) is 21.4 Å². The molecular formula is C51H54N6O6. The van der Waals surface area contributed by atoms with E-state index in [1.807, 2.05) is 136 Å². The van der Waals surface area contributed by atoms with Crippen LogP contribution in [-0.4, -0.2) is 56.7 Å². The maximum absolute atomic E-state index is 12.7. The zero-order valence-corrected chi connectivity index (χ0v) is 36.1. The van der Waals surface area contributed by atoms with Gasteiger partial charge >= 0.3 is 18.3 Å². The minimum absolute atomic E-state index is 0.253. The van der Waals surface area contributed by atoms with E-state index in [-0.39, 0.29) is 25.4 Å². The second-order valence-corrected chi connectivity index (χ2v) is 16.4. The first-order chi connectivity index (χ1) is 30.6. The standard InChI is InChI=1S/C28H31N3O4.C23H23N3O2/c1-28(2,3)35-26(32)30-17-21-11-7-8-12-23(21)25-24-14-16-31(18-22(24)13-15-29-25)27(33)34-19-20-9-5-4-6-10-20;24-14-18-8-4-5-9-20(18)22-21-11-13-26(15-19(21)10-12-25-22)23(27)28-16-17-6-2-1-3-7-17/h4-13,15H,14,16-19H2,1-3H3,(H,30,32);1-10,12H,11,13-16,24H2. The Morgan fingerprint density at radius 1 is 0.619 bits per heavy atom. The van der Waals surface area contributed by atoms with Crippen molar-refractivity contribution in [2.75, 3.05) is 13.1 Å². The highest BCUT2D eigenvalue weighted by Gasteiger charge is 2.27. The van der Waals surface area contributed by atoms with Crippen molar-refractivity contribution in [3.8, 4) is 22.5 Å². The van der Waals surface area contributed by atoms with Gasteiger partial charge in [-0.3, -0.25) is 9.97 Å². The number of nitrogens with two attached hydrogens (primary N) is 1. The largest absolute Gasteiger partial charge is 0.445 e. The van der Waals surface area contributed by atoms with Gasteiger partial charge in [0.1, 0.15) is 18.8 Å². The molecular weight excluding hydrogens is 793 g/mol. The van der Waals surface area contributed by atoms with Crippen LogP contribution in [0.3, 0.4) is 0 Å². The third-order valence-electron chi connectivity index (χ3n) is 10.8. The van der Waals surface area contributed by atoms with Crippen molar-refractivity contribution in [1.82, 2.24) is 25.1 Å². The van der Waals surface area contributed by atoms with Crippen LogP contribution >= 0.6 is 0 Å². The molecule has 0 fully saturated rings. The molecule has 324 valence electrons. The van der Waals surface area contributed by atoms with E-state index in [4.69, 9.17) is 19.9 Å². The summed E-state index contributed by atoms with van der Waals surface area (Å²) in [5, 5.41) is 2.84. The molecule has 3 amide bonds. The summed E-state index contributed by atoms with van der Waals surface area (Å²) in [5.74, 6) is 0. The zero-order valence-electron chi connectivity index (χ0n) is 36.1. The smallest absolute Gasteiger partial charge is 0.410 e. The number of nitrogens with zero attached hydrogens (tertiary/aromatic N) is 4. The van der Waals surface area contributed by atoms with Gasteiger partial charge in [0.2, 0.25) is 0 Å². The molecule has 4 aromatic carbocycles. The van der Waals surface area contributed by atoms with Gasteiger partial charge in [-0.2, -0.15) is 0 Å². The Balaban J connectivity index is 0.000000193. The van der Waals surface area contributed by atoms with Crippen LogP contribution in [0.25, 0.3) is 22.5 Å². The molecule has 4 heterocycles. The number of hydrogen-bond acceptors (Lipinski definition) is 9. The summed E-state index contributed by atoms with van der Waals surface area (Å²) < 4.78 is 16.4. The van der Waals surface area contributed by atoms with Crippen LogP contribution in [0.15, 0.2) is 134 Å². The normalized spacial score (nSPS) is 13.1. The topological polar surface area (TPSA) is 149 Å². The summed E-state index contributed by atoms with van der Waals surface area (Å²) in [6.07, 6.45) is 3.94. The number of hydrogen-bond donors (Lipinski definition) is 2. The lowest BCUT2D eigenvalue weighted by Crippen LogP contribution is -2.36. The summed E-state index contributed by atoms with van der Waals surface area (Å²) in [5.41, 5.74) is 17.7. The number of ether oxygens (including phenoxy) is 3. The van der Waals surface area contributed by atoms with E-state index in [1.54, 1.807) is 22.2 Å². The number of carbonyl (C=O) groups excluding carboxylic acids is 3. The molecule has 2 aromatic heterocycles. The third kappa shape index (κ3) is 11.7. The summed E-state index contributed by atoms with van der Waals surface area (Å²) >= 11 is 0. The molecule has 6 aromatic rings. The number of benzene rings is 4. The van der Waals surface area contributed by atoms with Crippen LogP contribution in [0.4, 0.5) is 14.4 Å². The van der Waals surface area contributed by atoms with Gasteiger partial charge in [0.05, 0.1) is 11.4 Å². The first-order valence-corrected chi connectivity index (χ1v) is 21.2. The summed E-state index contributed by atoms with van der Waals surface area (Å²) in [7, 11) is 0. The van der Waals surface area contributed by atoms with Crippen molar-refractivity contribution in [2.24, 2.45) is 5.73 Å². The van der Waals surface area contributed by atoms with Gasteiger partial charge in [0.25, 0.3) is 0 Å². The molecule has 0 atom stereocenters. The number of carbonyl (C=O) groups is 3. The van der Waals surface area contributed by atoms with E-state index in [0.717, 1.165) is 67.9 Å². The predicted octanol–water partition coefficient (Wildman–Crippen LogP) is 9.37. The quantitative estimate of drug-likeness (QED) is 0.136. The van der Waals surface area contributed by atoms with E-state index in [1.165, 1.54) is 5.56 Å². The van der Waals surface area contributed by atoms with Gasteiger partial charge in [0.15, 0.2) is 0 Å². The Hall–Kier alpha value is -7.05. The highest BCUT2D eigenvalue weighted by Crippen LogP contribution is 2.32. The average Bonchev–Trinajstić information content (AvgIpc) is 3.31. The van der Waals surface area contributed by atoms with Crippen LogP contribution in [0, 0.1) is 0 Å². The number of aromatic nitrogens is 2. The zero-order chi connectivity index (χ0) is 44.2. The van der Waals surface area contributed by atoms with Crippen molar-refractivity contribution in [3.63, 3.8) is 0 Å². The van der Waals surface area contributed by atoms with Gasteiger partial charge in [-0.1, -0.05) is 109 Å². The van der Waals surface area contributed by atoms with Gasteiger partial charge in [-0.25, -0.2) is 14.4 Å². The van der Waals surface area contributed by atoms with E-state index in [9.17, 15) is 14.4 Å². The fraction of sp³-hybridized carbons (Fsp3) is 0.275. The third-order valence-corrected chi connectivity index (χ3v) is 10.8. The van der Waals surface area contributed by atoms with Crippen molar-refractivity contribution in [2.45, 2.75) is 78.6 Å². The number of alkyl carbamates (subject to hydrolysis) is 1. The SMILES string of the molecule is CC(C)(C)OC(=O)NCc1ccccc1-c1nccc2c1CCN(C(=O)OCc1ccccc1)C2.NCc1ccccc1-c1nccc2c1CCN(C(=O)OCc1ccccc1)C2. The monoisotopic (exact) mass is 846 g/mol. The Morgan fingerprint density at radius 2 is 1.06 bits per heavy atom. The average molecular weight is 847 g/mol. The molecule has 3 N–H and O–H groups in total. The lowest BCUT2D eigenvalue weighted by Gasteiger charge is -2.29. The van der Waals surface area contributed by atoms with E-state index in [0.29, 0.717) is 45.7 Å². The van der Waals surface area contributed by atoms with Crippen LogP contribution in [0.5, 0.6) is 0 Å². The van der Waals surface area contributed by atoms with Crippen LogP contribution < -0.4 is 11.1 Å². The van der Waals surface area contributed by atoms with Gasteiger partial charge in [0, 0.05) is 62.8 Å². The molecule has 0 radical (unpaired) electrons. The number of nitrogens with one attached hydrogen (secondary N) is 1. The first-order valence-electron chi connectivity index (χ1n) is 21.2. The molecule has 12 nitrogen and oxygen atoms in total. The highest BCUT2D eigenvalue weighted by molar-refractivity contribution is 5.73. The molecule has 2 aliphatic heterocycles. The Labute approximate surface area is 369 Å². The number of amides is 3. The van der Waals surface area contributed by atoms with Gasteiger partial charge in [-0.05, 0) is 90.3 Å². The van der Waals surface area contributed by atoms with E-state index >= 15 is 0 Å².